The summed E-state index contributed by atoms with van der Waals surface area (Å²) in [6.45, 7) is 2.40. The van der Waals surface area contributed by atoms with Crippen molar-refractivity contribution in [2.24, 2.45) is 0 Å². The van der Waals surface area contributed by atoms with Crippen molar-refractivity contribution in [2.45, 2.75) is 32.4 Å². The summed E-state index contributed by atoms with van der Waals surface area (Å²) in [6.07, 6.45) is 4.69. The Bertz CT molecular complexity index is 640. The minimum atomic E-state index is -0.837. The first-order valence-electron chi connectivity index (χ1n) is 6.77. The number of nitrogens with zero attached hydrogens (tertiary/aromatic N) is 2. The van der Waals surface area contributed by atoms with Crippen LogP contribution in [0.15, 0.2) is 36.7 Å². The zero-order valence-electron chi connectivity index (χ0n) is 11.7. The van der Waals surface area contributed by atoms with Gasteiger partial charge in [0.2, 0.25) is 5.82 Å². The van der Waals surface area contributed by atoms with E-state index in [1.165, 1.54) is 18.2 Å². The van der Waals surface area contributed by atoms with Crippen LogP contribution in [0.1, 0.15) is 37.0 Å². The van der Waals surface area contributed by atoms with E-state index in [2.05, 4.69) is 0 Å². The lowest BCUT2D eigenvalue weighted by Crippen LogP contribution is -2.00. The summed E-state index contributed by atoms with van der Waals surface area (Å²) in [6, 6.07) is 5.69. The van der Waals surface area contributed by atoms with Crippen molar-refractivity contribution >= 4 is 5.69 Å². The van der Waals surface area contributed by atoms with Gasteiger partial charge in [-0.2, -0.15) is 4.39 Å². The second kappa shape index (κ2) is 6.49. The number of nitro benzene ring substituents is 1. The zero-order valence-corrected chi connectivity index (χ0v) is 11.7. The summed E-state index contributed by atoms with van der Waals surface area (Å²) < 4.78 is 15.4. The van der Waals surface area contributed by atoms with E-state index in [1.54, 1.807) is 12.4 Å². The minimum Gasteiger partial charge on any atom is -0.388 e. The maximum Gasteiger partial charge on any atom is 0.304 e. The fraction of sp³-hybridized carbons (Fsp3) is 0.333. The average molecular weight is 292 g/mol. The first-order valence-corrected chi connectivity index (χ1v) is 6.77. The summed E-state index contributed by atoms with van der Waals surface area (Å²) in [4.78, 5) is 9.82. The van der Waals surface area contributed by atoms with Crippen LogP contribution >= 0.6 is 0 Å². The highest BCUT2D eigenvalue weighted by Crippen LogP contribution is 2.21. The van der Waals surface area contributed by atoms with Gasteiger partial charge < -0.3 is 9.67 Å². The number of aliphatic hydroxyl groups excluding tert-OH is 1. The Balaban J connectivity index is 2.12. The number of aromatic nitrogens is 1. The second-order valence-electron chi connectivity index (χ2n) is 4.96. The van der Waals surface area contributed by atoms with Crippen LogP contribution in [0.2, 0.25) is 0 Å². The van der Waals surface area contributed by atoms with Crippen molar-refractivity contribution in [3.05, 3.63) is 63.7 Å². The Morgan fingerprint density at radius 2 is 2.19 bits per heavy atom. The maximum absolute atomic E-state index is 13.5. The molecule has 0 fully saturated rings. The fourth-order valence-electron chi connectivity index (χ4n) is 2.20. The third kappa shape index (κ3) is 3.66. The third-order valence-corrected chi connectivity index (χ3v) is 3.29. The summed E-state index contributed by atoms with van der Waals surface area (Å²) in [5.74, 6) is -0.837. The van der Waals surface area contributed by atoms with Crippen molar-refractivity contribution in [2.75, 3.05) is 0 Å². The smallest absolute Gasteiger partial charge is 0.304 e. The molecule has 0 aliphatic rings. The van der Waals surface area contributed by atoms with Crippen molar-refractivity contribution in [3.63, 3.8) is 0 Å². The molecule has 0 aliphatic carbocycles. The molecule has 0 saturated heterocycles. The van der Waals surface area contributed by atoms with E-state index in [1.807, 2.05) is 17.6 Å². The first-order chi connectivity index (χ1) is 10.0. The molecule has 1 aromatic heterocycles. The lowest BCUT2D eigenvalue weighted by atomic mass is 10.1. The van der Waals surface area contributed by atoms with Gasteiger partial charge in [0.25, 0.3) is 0 Å². The molecule has 0 saturated carbocycles. The minimum absolute atomic E-state index is 0.397. The molecular weight excluding hydrogens is 275 g/mol. The van der Waals surface area contributed by atoms with Gasteiger partial charge in [-0.05, 0) is 29.7 Å². The Labute approximate surface area is 121 Å². The van der Waals surface area contributed by atoms with Crippen LogP contribution in [0.25, 0.3) is 0 Å². The van der Waals surface area contributed by atoms with Gasteiger partial charge in [0.1, 0.15) is 0 Å². The van der Waals surface area contributed by atoms with E-state index in [4.69, 9.17) is 0 Å². The van der Waals surface area contributed by atoms with E-state index >= 15 is 0 Å². The van der Waals surface area contributed by atoms with Crippen LogP contribution in [0.4, 0.5) is 10.1 Å². The Kier molecular flexibility index (Phi) is 4.70. The summed E-state index contributed by atoms with van der Waals surface area (Å²) >= 11 is 0. The number of rotatable bonds is 6. The quantitative estimate of drug-likeness (QED) is 0.655. The van der Waals surface area contributed by atoms with Crippen molar-refractivity contribution in [1.29, 1.82) is 0 Å². The highest BCUT2D eigenvalue weighted by molar-refractivity contribution is 5.35. The molecule has 112 valence electrons. The van der Waals surface area contributed by atoms with Gasteiger partial charge in [-0.15, -0.1) is 0 Å². The van der Waals surface area contributed by atoms with Crippen LogP contribution in [0.5, 0.6) is 0 Å². The van der Waals surface area contributed by atoms with Crippen LogP contribution < -0.4 is 0 Å². The second-order valence-corrected chi connectivity index (χ2v) is 4.96. The lowest BCUT2D eigenvalue weighted by Gasteiger charge is -2.07. The number of hydrogen-bond acceptors (Lipinski definition) is 3. The van der Waals surface area contributed by atoms with Crippen LogP contribution in [-0.2, 0) is 6.54 Å². The lowest BCUT2D eigenvalue weighted by molar-refractivity contribution is -0.387. The van der Waals surface area contributed by atoms with Gasteiger partial charge in [-0.3, -0.25) is 10.1 Å². The molecule has 1 unspecified atom stereocenters. The zero-order chi connectivity index (χ0) is 15.4. The van der Waals surface area contributed by atoms with Gasteiger partial charge in [0, 0.05) is 25.0 Å². The van der Waals surface area contributed by atoms with Gasteiger partial charge in [0.05, 0.1) is 11.0 Å². The third-order valence-electron chi connectivity index (χ3n) is 3.29. The maximum atomic E-state index is 13.5. The predicted molar refractivity (Wildman–Crippen MR) is 76.5 cm³/mol. The van der Waals surface area contributed by atoms with Crippen LogP contribution in [-0.4, -0.2) is 14.6 Å². The number of aliphatic hydroxyl groups is 1. The largest absolute Gasteiger partial charge is 0.388 e. The van der Waals surface area contributed by atoms with E-state index in [0.29, 0.717) is 18.5 Å². The topological polar surface area (TPSA) is 68.3 Å². The van der Waals surface area contributed by atoms with Gasteiger partial charge in [-0.1, -0.05) is 19.4 Å². The standard InChI is InChI=1S/C15H17FN2O3/c1-2-3-15(19)12-6-7-17(10-12)9-11-4-5-14(18(20)21)13(16)8-11/h4-8,10,15,19H,2-3,9H2,1H3. The highest BCUT2D eigenvalue weighted by atomic mass is 19.1. The SMILES string of the molecule is CCCC(O)c1ccn(Cc2ccc([N+](=O)[O-])c(F)c2)c1. The Morgan fingerprint density at radius 3 is 2.81 bits per heavy atom. The monoisotopic (exact) mass is 292 g/mol. The van der Waals surface area contributed by atoms with Crippen LogP contribution in [0, 0.1) is 15.9 Å². The Morgan fingerprint density at radius 1 is 1.43 bits per heavy atom. The molecule has 2 rings (SSSR count). The molecule has 1 N–H and O–H groups in total. The summed E-state index contributed by atoms with van der Waals surface area (Å²) in [5.41, 5.74) is 0.926. The molecule has 5 nitrogen and oxygen atoms in total. The normalized spacial score (nSPS) is 12.3. The molecule has 1 aromatic carbocycles. The molecule has 2 aromatic rings. The molecule has 0 bridgehead atoms. The molecule has 21 heavy (non-hydrogen) atoms. The first kappa shape index (κ1) is 15.2. The molecular formula is C15H17FN2O3. The van der Waals surface area contributed by atoms with E-state index in [0.717, 1.165) is 12.0 Å². The van der Waals surface area contributed by atoms with E-state index < -0.39 is 22.5 Å². The molecule has 1 heterocycles. The van der Waals surface area contributed by atoms with E-state index in [9.17, 15) is 19.6 Å². The molecule has 0 aliphatic heterocycles. The number of hydrogen-bond donors (Lipinski definition) is 1. The van der Waals surface area contributed by atoms with Crippen molar-refractivity contribution < 1.29 is 14.4 Å². The van der Waals surface area contributed by atoms with Gasteiger partial charge in [-0.25, -0.2) is 0 Å². The van der Waals surface area contributed by atoms with Gasteiger partial charge >= 0.3 is 5.69 Å². The number of nitro groups is 1. The molecule has 0 radical (unpaired) electrons. The van der Waals surface area contributed by atoms with E-state index in [-0.39, 0.29) is 0 Å². The number of benzene rings is 1. The Hall–Kier alpha value is -2.21. The summed E-state index contributed by atoms with van der Waals surface area (Å²) in [5, 5.41) is 20.5. The van der Waals surface area contributed by atoms with Crippen molar-refractivity contribution in [3.8, 4) is 0 Å². The predicted octanol–water partition coefficient (Wildman–Crippen LogP) is 3.42. The van der Waals surface area contributed by atoms with Crippen LogP contribution in [0.3, 0.4) is 0 Å². The molecule has 1 atom stereocenters. The molecule has 0 spiro atoms. The molecule has 0 amide bonds. The summed E-state index contributed by atoms with van der Waals surface area (Å²) in [7, 11) is 0. The highest BCUT2D eigenvalue weighted by Gasteiger charge is 2.14. The fourth-order valence-corrected chi connectivity index (χ4v) is 2.20. The van der Waals surface area contributed by atoms with Gasteiger partial charge in [0.15, 0.2) is 0 Å². The van der Waals surface area contributed by atoms with Crippen molar-refractivity contribution in [1.82, 2.24) is 4.57 Å². The molecule has 6 heteroatoms. The average Bonchev–Trinajstić information content (AvgIpc) is 2.87. The number of halogens is 1.